The molecular formula is C29H34N4O3. The van der Waals surface area contributed by atoms with E-state index < -0.39 is 0 Å². The molecule has 2 aromatic carbocycles. The Kier molecular flexibility index (Phi) is 6.83. The molecule has 1 aromatic heterocycles. The number of Topliss-reactive ketones (excluding diaryl/α,β-unsaturated/α-hetero) is 1. The first-order chi connectivity index (χ1) is 17.5. The van der Waals surface area contributed by atoms with E-state index in [4.69, 9.17) is 10.5 Å². The molecule has 2 heterocycles. The van der Waals surface area contributed by atoms with E-state index in [0.29, 0.717) is 13.0 Å². The van der Waals surface area contributed by atoms with Gasteiger partial charge in [-0.3, -0.25) is 9.59 Å². The van der Waals surface area contributed by atoms with Gasteiger partial charge in [-0.15, -0.1) is 0 Å². The van der Waals surface area contributed by atoms with Crippen molar-refractivity contribution in [2.24, 2.45) is 24.6 Å². The Morgan fingerprint density at radius 1 is 1.08 bits per heavy atom. The van der Waals surface area contributed by atoms with Gasteiger partial charge in [0.2, 0.25) is 0 Å². The number of rotatable bonds is 8. The molecule has 0 fully saturated rings. The van der Waals surface area contributed by atoms with Crippen molar-refractivity contribution in [3.63, 3.8) is 0 Å². The lowest BCUT2D eigenvalue weighted by molar-refractivity contribution is -0.153. The number of esters is 1. The molecule has 3 atom stereocenters. The fourth-order valence-corrected chi connectivity index (χ4v) is 5.48. The van der Waals surface area contributed by atoms with E-state index in [1.54, 1.807) is 0 Å². The Hall–Kier alpha value is -3.58. The van der Waals surface area contributed by atoms with Crippen molar-refractivity contribution < 1.29 is 14.3 Å². The van der Waals surface area contributed by atoms with Gasteiger partial charge in [-0.05, 0) is 37.8 Å². The molecule has 0 saturated carbocycles. The molecule has 3 aromatic rings. The van der Waals surface area contributed by atoms with Gasteiger partial charge < -0.3 is 24.8 Å². The number of para-hydroxylation sites is 1. The smallest absolute Gasteiger partial charge is 0.312 e. The number of ether oxygens (including phenoxy) is 1. The Morgan fingerprint density at radius 2 is 1.81 bits per heavy atom. The van der Waals surface area contributed by atoms with Gasteiger partial charge in [-0.1, -0.05) is 48.5 Å². The van der Waals surface area contributed by atoms with Gasteiger partial charge in [0.15, 0.2) is 12.5 Å². The molecule has 1 aliphatic carbocycles. The standard InChI is InChI=1S/C29H34N4O3/c1-20-32(14-15-33(20)19-36-29(35)23(17-30)16-21-8-4-3-5-9-21)18-22-12-13-26-27(28(22)34)24-10-6-7-11-25(24)31(26)2/h3-11,14-15,20,22-23H,12-13,16-19,30H2,1-2H3. The largest absolute Gasteiger partial charge is 0.444 e. The fourth-order valence-electron chi connectivity index (χ4n) is 5.48. The lowest BCUT2D eigenvalue weighted by Gasteiger charge is -2.33. The number of nitrogens with two attached hydrogens (primary N) is 1. The van der Waals surface area contributed by atoms with E-state index in [9.17, 15) is 9.59 Å². The average molecular weight is 487 g/mol. The Morgan fingerprint density at radius 3 is 2.58 bits per heavy atom. The normalized spacial score (nSPS) is 20.1. The summed E-state index contributed by atoms with van der Waals surface area (Å²) in [5.41, 5.74) is 10.1. The van der Waals surface area contributed by atoms with Crippen LogP contribution in [0.25, 0.3) is 10.9 Å². The molecule has 0 bridgehead atoms. The third-order valence-corrected chi connectivity index (χ3v) is 7.71. The number of hydrogen-bond acceptors (Lipinski definition) is 6. The van der Waals surface area contributed by atoms with Crippen molar-refractivity contribution in [1.82, 2.24) is 14.4 Å². The van der Waals surface area contributed by atoms with Crippen LogP contribution in [0.2, 0.25) is 0 Å². The predicted molar refractivity (Wildman–Crippen MR) is 140 cm³/mol. The average Bonchev–Trinajstić information content (AvgIpc) is 3.40. The van der Waals surface area contributed by atoms with Crippen LogP contribution in [-0.2, 0) is 29.4 Å². The van der Waals surface area contributed by atoms with E-state index in [2.05, 4.69) is 28.5 Å². The molecule has 7 heteroatoms. The summed E-state index contributed by atoms with van der Waals surface area (Å²) in [4.78, 5) is 30.4. The van der Waals surface area contributed by atoms with Crippen LogP contribution >= 0.6 is 0 Å². The van der Waals surface area contributed by atoms with Crippen molar-refractivity contribution in [3.05, 3.63) is 83.8 Å². The summed E-state index contributed by atoms with van der Waals surface area (Å²) in [6, 6.07) is 18.0. The fraction of sp³-hybridized carbons (Fsp3) is 0.379. The number of carbonyl (C=O) groups excluding carboxylic acids is 2. The quantitative estimate of drug-likeness (QED) is 0.490. The molecule has 3 unspecified atom stereocenters. The van der Waals surface area contributed by atoms with Crippen LogP contribution in [0.1, 0.15) is 35.0 Å². The first kappa shape index (κ1) is 24.1. The first-order valence-electron chi connectivity index (χ1n) is 12.7. The van der Waals surface area contributed by atoms with Crippen LogP contribution in [0.15, 0.2) is 67.0 Å². The third kappa shape index (κ3) is 4.51. The molecule has 0 radical (unpaired) electrons. The molecular weight excluding hydrogens is 452 g/mol. The predicted octanol–water partition coefficient (Wildman–Crippen LogP) is 3.68. The highest BCUT2D eigenvalue weighted by Gasteiger charge is 2.35. The zero-order valence-electron chi connectivity index (χ0n) is 21.0. The van der Waals surface area contributed by atoms with Gasteiger partial charge in [0, 0.05) is 60.6 Å². The Balaban J connectivity index is 1.18. The maximum atomic E-state index is 13.5. The zero-order valence-corrected chi connectivity index (χ0v) is 21.0. The number of nitrogens with zero attached hydrogens (tertiary/aromatic N) is 3. The Bertz CT molecular complexity index is 1280. The second kappa shape index (κ2) is 10.2. The summed E-state index contributed by atoms with van der Waals surface area (Å²) in [6.07, 6.45) is 6.21. The summed E-state index contributed by atoms with van der Waals surface area (Å²) in [5.74, 6) is -0.498. The van der Waals surface area contributed by atoms with Crippen molar-refractivity contribution in [1.29, 1.82) is 0 Å². The molecule has 36 heavy (non-hydrogen) atoms. The third-order valence-electron chi connectivity index (χ3n) is 7.71. The van der Waals surface area contributed by atoms with E-state index >= 15 is 0 Å². The highest BCUT2D eigenvalue weighted by atomic mass is 16.5. The minimum Gasteiger partial charge on any atom is -0.444 e. The molecule has 2 N–H and O–H groups in total. The van der Waals surface area contributed by atoms with Gasteiger partial charge in [-0.25, -0.2) is 0 Å². The highest BCUT2D eigenvalue weighted by Crippen LogP contribution is 2.34. The van der Waals surface area contributed by atoms with Crippen molar-refractivity contribution in [3.8, 4) is 0 Å². The minimum atomic E-state index is -0.375. The second-order valence-electron chi connectivity index (χ2n) is 9.85. The van der Waals surface area contributed by atoms with Crippen LogP contribution in [0, 0.1) is 11.8 Å². The minimum absolute atomic E-state index is 0.00929. The lowest BCUT2D eigenvalue weighted by atomic mass is 9.84. The molecule has 188 valence electrons. The lowest BCUT2D eigenvalue weighted by Crippen LogP contribution is -2.42. The molecule has 2 aliphatic rings. The summed E-state index contributed by atoms with van der Waals surface area (Å²) in [6.45, 7) is 3.10. The summed E-state index contributed by atoms with van der Waals surface area (Å²) >= 11 is 0. The van der Waals surface area contributed by atoms with Gasteiger partial charge in [0.1, 0.15) is 6.17 Å². The summed E-state index contributed by atoms with van der Waals surface area (Å²) in [5, 5.41) is 1.05. The van der Waals surface area contributed by atoms with E-state index in [0.717, 1.165) is 40.6 Å². The van der Waals surface area contributed by atoms with Crippen molar-refractivity contribution >= 4 is 22.7 Å². The highest BCUT2D eigenvalue weighted by molar-refractivity contribution is 6.11. The van der Waals surface area contributed by atoms with E-state index in [1.807, 2.05) is 66.8 Å². The zero-order chi connectivity index (χ0) is 25.2. The topological polar surface area (TPSA) is 80.8 Å². The van der Waals surface area contributed by atoms with Crippen LogP contribution < -0.4 is 5.73 Å². The SMILES string of the molecule is CC1N(COC(=O)C(CN)Cc2ccccc2)C=CN1CC1CCc2c(c3ccccc3n2C)C1=O. The Labute approximate surface area is 212 Å². The maximum absolute atomic E-state index is 13.5. The van der Waals surface area contributed by atoms with Gasteiger partial charge in [0.05, 0.1) is 5.92 Å². The molecule has 0 saturated heterocycles. The molecule has 7 nitrogen and oxygen atoms in total. The molecule has 5 rings (SSSR count). The summed E-state index contributed by atoms with van der Waals surface area (Å²) in [7, 11) is 2.05. The summed E-state index contributed by atoms with van der Waals surface area (Å²) < 4.78 is 7.80. The number of aromatic nitrogens is 1. The monoisotopic (exact) mass is 486 g/mol. The maximum Gasteiger partial charge on any atom is 0.312 e. The molecule has 1 aliphatic heterocycles. The molecule has 0 spiro atoms. The van der Waals surface area contributed by atoms with Crippen LogP contribution in [-0.4, -0.2) is 52.1 Å². The number of carbonyl (C=O) groups is 2. The van der Waals surface area contributed by atoms with Crippen LogP contribution in [0.4, 0.5) is 0 Å². The number of hydrogen-bond donors (Lipinski definition) is 1. The number of fused-ring (bicyclic) bond motifs is 3. The number of benzene rings is 2. The van der Waals surface area contributed by atoms with Crippen molar-refractivity contribution in [2.75, 3.05) is 19.8 Å². The van der Waals surface area contributed by atoms with Crippen LogP contribution in [0.5, 0.6) is 0 Å². The van der Waals surface area contributed by atoms with Gasteiger partial charge in [-0.2, -0.15) is 0 Å². The number of aryl methyl sites for hydroxylation is 1. The van der Waals surface area contributed by atoms with Crippen LogP contribution in [0.3, 0.4) is 0 Å². The van der Waals surface area contributed by atoms with Crippen molar-refractivity contribution in [2.45, 2.75) is 32.4 Å². The van der Waals surface area contributed by atoms with Gasteiger partial charge in [0.25, 0.3) is 0 Å². The number of ketones is 1. The van der Waals surface area contributed by atoms with E-state index in [-0.39, 0.29) is 43.0 Å². The first-order valence-corrected chi connectivity index (χ1v) is 12.7. The second-order valence-corrected chi connectivity index (χ2v) is 9.85. The molecule has 0 amide bonds. The van der Waals surface area contributed by atoms with E-state index in [1.165, 1.54) is 0 Å². The van der Waals surface area contributed by atoms with Gasteiger partial charge >= 0.3 is 5.97 Å².